The Labute approximate surface area is 390 Å². The topological polar surface area (TPSA) is 78.9 Å². The molecule has 352 valence electrons. The van der Waals surface area contributed by atoms with Gasteiger partial charge >= 0.3 is 17.9 Å². The number of hydrogen-bond acceptors (Lipinski definition) is 6. The van der Waals surface area contributed by atoms with Crippen LogP contribution in [-0.4, -0.2) is 37.2 Å². The lowest BCUT2D eigenvalue weighted by atomic mass is 10.1. The van der Waals surface area contributed by atoms with Crippen LogP contribution >= 0.6 is 0 Å². The molecule has 6 nitrogen and oxygen atoms in total. The van der Waals surface area contributed by atoms with Crippen LogP contribution in [0.1, 0.15) is 156 Å². The van der Waals surface area contributed by atoms with Crippen LogP contribution in [0.25, 0.3) is 0 Å². The van der Waals surface area contributed by atoms with Gasteiger partial charge in [-0.25, -0.2) is 0 Å². The first-order chi connectivity index (χ1) is 31.5. The van der Waals surface area contributed by atoms with E-state index >= 15 is 0 Å². The maximum Gasteiger partial charge on any atom is 0.306 e. The molecule has 0 heterocycles. The van der Waals surface area contributed by atoms with Gasteiger partial charge in [0, 0.05) is 19.3 Å². The van der Waals surface area contributed by atoms with Gasteiger partial charge in [0.2, 0.25) is 0 Å². The number of unbranched alkanes of at least 4 members (excludes halogenated alkanes) is 12. The zero-order valence-corrected chi connectivity index (χ0v) is 40.0. The molecule has 0 saturated heterocycles. The number of allylic oxidation sites excluding steroid dienone is 28. The van der Waals surface area contributed by atoms with Gasteiger partial charge in [0.05, 0.1) is 0 Å². The summed E-state index contributed by atoms with van der Waals surface area (Å²) in [4.78, 5) is 37.9. The molecule has 0 spiro atoms. The van der Waals surface area contributed by atoms with E-state index in [0.717, 1.165) is 96.3 Å². The summed E-state index contributed by atoms with van der Waals surface area (Å²) >= 11 is 0. The summed E-state index contributed by atoms with van der Waals surface area (Å²) < 4.78 is 16.7. The van der Waals surface area contributed by atoms with Crippen LogP contribution in [0.3, 0.4) is 0 Å². The van der Waals surface area contributed by atoms with Crippen molar-refractivity contribution in [1.82, 2.24) is 0 Å². The number of rotatable bonds is 40. The highest BCUT2D eigenvalue weighted by molar-refractivity contribution is 5.71. The van der Waals surface area contributed by atoms with Crippen LogP contribution in [0.2, 0.25) is 0 Å². The maximum absolute atomic E-state index is 12.8. The molecule has 0 rings (SSSR count). The first-order valence-corrected chi connectivity index (χ1v) is 24.3. The predicted octanol–water partition coefficient (Wildman–Crippen LogP) is 16.0. The van der Waals surface area contributed by atoms with E-state index in [1.807, 2.05) is 122 Å². The van der Waals surface area contributed by atoms with Crippen molar-refractivity contribution in [3.63, 3.8) is 0 Å². The molecule has 0 aliphatic rings. The lowest BCUT2D eigenvalue weighted by Crippen LogP contribution is -2.30. The Morgan fingerprint density at radius 2 is 0.609 bits per heavy atom. The Balaban J connectivity index is 4.63. The highest BCUT2D eigenvalue weighted by atomic mass is 16.6. The minimum absolute atomic E-state index is 0.132. The van der Waals surface area contributed by atoms with Crippen molar-refractivity contribution in [2.24, 2.45) is 0 Å². The monoisotopic (exact) mass is 877 g/mol. The molecule has 0 aromatic heterocycles. The number of esters is 3. The van der Waals surface area contributed by atoms with Crippen LogP contribution in [0.5, 0.6) is 0 Å². The zero-order chi connectivity index (χ0) is 46.5. The molecule has 0 aromatic carbocycles. The fraction of sp³-hybridized carbons (Fsp3) is 0.466. The molecule has 0 aliphatic heterocycles. The van der Waals surface area contributed by atoms with Crippen LogP contribution in [0, 0.1) is 0 Å². The van der Waals surface area contributed by atoms with Crippen molar-refractivity contribution in [3.8, 4) is 0 Å². The van der Waals surface area contributed by atoms with Crippen molar-refractivity contribution in [3.05, 3.63) is 170 Å². The molecule has 0 bridgehead atoms. The second-order valence-electron chi connectivity index (χ2n) is 15.2. The van der Waals surface area contributed by atoms with E-state index in [9.17, 15) is 14.4 Å². The SMILES string of the molecule is CC/C=C/C=C/C=C/C=C/C=C/CCCCCC(=O)OC(COC(=O)CCCCC/C=C/C=C/C=C/C=C/CC)COC(=O)CCCCCCC/C=C/C=C/C=C/C=C/C=C/CCC. The average Bonchev–Trinajstić information content (AvgIpc) is 3.29. The highest BCUT2D eigenvalue weighted by Crippen LogP contribution is 2.11. The summed E-state index contributed by atoms with van der Waals surface area (Å²) in [6.07, 6.45) is 74.7. The van der Waals surface area contributed by atoms with Gasteiger partial charge in [-0.05, 0) is 77.0 Å². The van der Waals surface area contributed by atoms with Gasteiger partial charge in [0.15, 0.2) is 6.10 Å². The van der Waals surface area contributed by atoms with Crippen LogP contribution in [-0.2, 0) is 28.6 Å². The van der Waals surface area contributed by atoms with Crippen LogP contribution in [0.15, 0.2) is 170 Å². The van der Waals surface area contributed by atoms with Gasteiger partial charge in [-0.1, -0.05) is 229 Å². The molecule has 1 unspecified atom stereocenters. The van der Waals surface area contributed by atoms with Gasteiger partial charge in [-0.15, -0.1) is 0 Å². The maximum atomic E-state index is 12.8. The molecule has 0 saturated carbocycles. The van der Waals surface area contributed by atoms with Crippen molar-refractivity contribution >= 4 is 17.9 Å². The highest BCUT2D eigenvalue weighted by Gasteiger charge is 2.19. The van der Waals surface area contributed by atoms with E-state index in [2.05, 4.69) is 69.4 Å². The second kappa shape index (κ2) is 50.4. The summed E-state index contributed by atoms with van der Waals surface area (Å²) in [6, 6.07) is 0. The largest absolute Gasteiger partial charge is 0.462 e. The molecule has 0 N–H and O–H groups in total. The Morgan fingerprint density at radius 3 is 0.969 bits per heavy atom. The van der Waals surface area contributed by atoms with Gasteiger partial charge in [0.1, 0.15) is 13.2 Å². The lowest BCUT2D eigenvalue weighted by Gasteiger charge is -2.18. The van der Waals surface area contributed by atoms with E-state index in [4.69, 9.17) is 14.2 Å². The molecule has 0 radical (unpaired) electrons. The first kappa shape index (κ1) is 58.8. The average molecular weight is 877 g/mol. The minimum atomic E-state index is -0.836. The summed E-state index contributed by atoms with van der Waals surface area (Å²) in [5.41, 5.74) is 0. The van der Waals surface area contributed by atoms with Crippen LogP contribution < -0.4 is 0 Å². The fourth-order valence-electron chi connectivity index (χ4n) is 5.68. The predicted molar refractivity (Wildman–Crippen MR) is 274 cm³/mol. The van der Waals surface area contributed by atoms with Gasteiger partial charge in [0.25, 0.3) is 0 Å². The molecule has 6 heteroatoms. The Morgan fingerprint density at radius 1 is 0.328 bits per heavy atom. The number of carbonyl (C=O) groups excluding carboxylic acids is 3. The second-order valence-corrected chi connectivity index (χ2v) is 15.2. The fourth-order valence-corrected chi connectivity index (χ4v) is 5.68. The summed E-state index contributed by atoms with van der Waals surface area (Å²) in [5, 5.41) is 0. The first-order valence-electron chi connectivity index (χ1n) is 24.3. The minimum Gasteiger partial charge on any atom is -0.462 e. The molecule has 64 heavy (non-hydrogen) atoms. The molecule has 0 aromatic rings. The Bertz CT molecular complexity index is 1570. The molecule has 0 amide bonds. The molecular formula is C58H84O6. The Kier molecular flexibility index (Phi) is 46.3. The number of ether oxygens (including phenoxy) is 3. The van der Waals surface area contributed by atoms with Gasteiger partial charge in [-0.3, -0.25) is 14.4 Å². The normalized spacial score (nSPS) is 13.6. The van der Waals surface area contributed by atoms with E-state index in [1.165, 1.54) is 6.42 Å². The van der Waals surface area contributed by atoms with Crippen LogP contribution in [0.4, 0.5) is 0 Å². The number of hydrogen-bond donors (Lipinski definition) is 0. The van der Waals surface area contributed by atoms with Crippen molar-refractivity contribution in [2.75, 3.05) is 13.2 Å². The summed E-state index contributed by atoms with van der Waals surface area (Å²) in [5.74, 6) is -1.06. The smallest absolute Gasteiger partial charge is 0.306 e. The van der Waals surface area contributed by atoms with Gasteiger partial charge in [-0.2, -0.15) is 0 Å². The van der Waals surface area contributed by atoms with E-state index in [-0.39, 0.29) is 44.0 Å². The van der Waals surface area contributed by atoms with Gasteiger partial charge < -0.3 is 14.2 Å². The Hall–Kier alpha value is -5.23. The van der Waals surface area contributed by atoms with Crippen molar-refractivity contribution in [2.45, 2.75) is 162 Å². The lowest BCUT2D eigenvalue weighted by molar-refractivity contribution is -0.167. The van der Waals surface area contributed by atoms with E-state index in [0.29, 0.717) is 19.3 Å². The molecule has 1 atom stereocenters. The number of carbonyl (C=O) groups is 3. The van der Waals surface area contributed by atoms with E-state index in [1.54, 1.807) is 0 Å². The third-order valence-electron chi connectivity index (χ3n) is 9.27. The quantitative estimate of drug-likeness (QED) is 0.0264. The summed E-state index contributed by atoms with van der Waals surface area (Å²) in [7, 11) is 0. The molecular weight excluding hydrogens is 793 g/mol. The molecule has 0 aliphatic carbocycles. The zero-order valence-electron chi connectivity index (χ0n) is 40.0. The third kappa shape index (κ3) is 47.8. The third-order valence-corrected chi connectivity index (χ3v) is 9.27. The van der Waals surface area contributed by atoms with Crippen molar-refractivity contribution in [1.29, 1.82) is 0 Å². The summed E-state index contributed by atoms with van der Waals surface area (Å²) in [6.45, 7) is 6.13. The molecule has 0 fully saturated rings. The van der Waals surface area contributed by atoms with Crippen molar-refractivity contribution < 1.29 is 28.6 Å². The standard InChI is InChI=1S/C58H84O6/c1-4-7-10-13-16-19-22-25-27-28-29-31-33-36-39-42-45-48-51-57(60)63-54-55(53-62-56(59)50-47-44-41-38-35-32-24-21-18-15-12-9-6-3)64-58(61)52-49-46-43-40-37-34-30-26-23-20-17-14-11-8-5-2/h8-32,34-35,37,55H,4-7,33,36,38-54H2,1-3H3/b11-8+,12-9+,13-10+,17-14+,18-15+,19-16+,23-20+,24-21+,25-22+,28-27+,30-26+,31-29+,35-32+,37-34+. The van der Waals surface area contributed by atoms with E-state index < -0.39 is 6.10 Å².